The summed E-state index contributed by atoms with van der Waals surface area (Å²) in [5, 5.41) is 6.21. The smallest absolute Gasteiger partial charge is 0.358 e. The number of benzene rings is 1. The lowest BCUT2D eigenvalue weighted by atomic mass is 10.2. The molecule has 1 fully saturated rings. The van der Waals surface area contributed by atoms with E-state index in [1.807, 2.05) is 17.0 Å². The van der Waals surface area contributed by atoms with Gasteiger partial charge in [0.25, 0.3) is 0 Å². The van der Waals surface area contributed by atoms with Gasteiger partial charge in [-0.3, -0.25) is 0 Å². The normalized spacial score (nSPS) is 14.3. The first-order valence-corrected chi connectivity index (χ1v) is 9.11. The summed E-state index contributed by atoms with van der Waals surface area (Å²) in [5.74, 6) is 0.0506. The monoisotopic (exact) mass is 415 g/mol. The molecule has 2 heterocycles. The molecule has 27 heavy (non-hydrogen) atoms. The molecule has 0 amide bonds. The third-order valence-electron chi connectivity index (χ3n) is 4.06. The first-order chi connectivity index (χ1) is 12.8. The van der Waals surface area contributed by atoms with Crippen LogP contribution in [0.4, 0.5) is 24.9 Å². The largest absolute Gasteiger partial charge is 0.433 e. The third kappa shape index (κ3) is 5.20. The van der Waals surface area contributed by atoms with Gasteiger partial charge in [0, 0.05) is 30.7 Å². The summed E-state index contributed by atoms with van der Waals surface area (Å²) in [6.07, 6.45) is -2.72. The van der Waals surface area contributed by atoms with Gasteiger partial charge in [-0.05, 0) is 36.7 Å². The van der Waals surface area contributed by atoms with Gasteiger partial charge >= 0.3 is 6.18 Å². The summed E-state index contributed by atoms with van der Waals surface area (Å²) < 4.78 is 39.6. The average Bonchev–Trinajstić information content (AvgIpc) is 3.15. The van der Waals surface area contributed by atoms with Gasteiger partial charge < -0.3 is 15.5 Å². The quantitative estimate of drug-likeness (QED) is 0.729. The predicted octanol–water partition coefficient (Wildman–Crippen LogP) is 4.24. The van der Waals surface area contributed by atoms with Crippen LogP contribution in [-0.4, -0.2) is 28.2 Å². The van der Waals surface area contributed by atoms with Crippen LogP contribution in [0.1, 0.15) is 24.1 Å². The van der Waals surface area contributed by atoms with Crippen LogP contribution in [0.15, 0.2) is 30.3 Å². The number of anilines is 2. The molecule has 2 aromatic rings. The highest BCUT2D eigenvalue weighted by Crippen LogP contribution is 2.31. The topological polar surface area (TPSA) is 53.1 Å². The maximum absolute atomic E-state index is 13.2. The number of hydrogen-bond acceptors (Lipinski definition) is 4. The van der Waals surface area contributed by atoms with Gasteiger partial charge in [0.05, 0.1) is 0 Å². The molecule has 10 heteroatoms. The molecule has 0 spiro atoms. The van der Waals surface area contributed by atoms with E-state index in [9.17, 15) is 13.2 Å². The van der Waals surface area contributed by atoms with Gasteiger partial charge in [-0.15, -0.1) is 0 Å². The van der Waals surface area contributed by atoms with Crippen LogP contribution < -0.4 is 15.5 Å². The molecule has 0 unspecified atom stereocenters. The van der Waals surface area contributed by atoms with E-state index in [0.717, 1.165) is 24.5 Å². The van der Waals surface area contributed by atoms with E-state index in [0.29, 0.717) is 24.7 Å². The first kappa shape index (κ1) is 19.6. The van der Waals surface area contributed by atoms with Gasteiger partial charge in [-0.25, -0.2) is 4.98 Å². The number of nitrogens with one attached hydrogen (secondary N) is 2. The van der Waals surface area contributed by atoms with E-state index < -0.39 is 11.9 Å². The SMILES string of the molecule is FC(F)(F)c1cc(N2CCCC2)nc(NC(=S)NCc2ccccc2Cl)n1. The van der Waals surface area contributed by atoms with Crippen molar-refractivity contribution < 1.29 is 13.2 Å². The van der Waals surface area contributed by atoms with Gasteiger partial charge in [0.15, 0.2) is 10.8 Å². The van der Waals surface area contributed by atoms with Gasteiger partial charge in [0.1, 0.15) is 5.82 Å². The van der Waals surface area contributed by atoms with Crippen LogP contribution in [0.3, 0.4) is 0 Å². The van der Waals surface area contributed by atoms with Crippen LogP contribution in [0, 0.1) is 0 Å². The number of aromatic nitrogens is 2. The maximum Gasteiger partial charge on any atom is 0.433 e. The highest BCUT2D eigenvalue weighted by Gasteiger charge is 2.34. The van der Waals surface area contributed by atoms with Gasteiger partial charge in [-0.2, -0.15) is 18.2 Å². The van der Waals surface area contributed by atoms with Crippen LogP contribution in [0.25, 0.3) is 0 Å². The van der Waals surface area contributed by atoms with E-state index in [-0.39, 0.29) is 16.9 Å². The zero-order valence-electron chi connectivity index (χ0n) is 14.2. The Morgan fingerprint density at radius 3 is 2.56 bits per heavy atom. The highest BCUT2D eigenvalue weighted by atomic mass is 35.5. The number of rotatable bonds is 4. The highest BCUT2D eigenvalue weighted by molar-refractivity contribution is 7.80. The summed E-state index contributed by atoms with van der Waals surface area (Å²) in [6, 6.07) is 8.17. The molecule has 0 aliphatic carbocycles. The molecule has 1 aliphatic heterocycles. The second-order valence-corrected chi connectivity index (χ2v) is 6.84. The Kier molecular flexibility index (Phi) is 6.01. The van der Waals surface area contributed by atoms with Crippen molar-refractivity contribution in [1.29, 1.82) is 0 Å². The number of halogens is 4. The summed E-state index contributed by atoms with van der Waals surface area (Å²) in [7, 11) is 0. The van der Waals surface area contributed by atoms with Crippen LogP contribution in [0.2, 0.25) is 5.02 Å². The Morgan fingerprint density at radius 2 is 1.89 bits per heavy atom. The van der Waals surface area contributed by atoms with E-state index in [1.54, 1.807) is 12.1 Å². The van der Waals surface area contributed by atoms with Crippen LogP contribution >= 0.6 is 23.8 Å². The third-order valence-corrected chi connectivity index (χ3v) is 4.67. The van der Waals surface area contributed by atoms with E-state index in [4.69, 9.17) is 23.8 Å². The molecular formula is C17H17ClF3N5S. The van der Waals surface area contributed by atoms with E-state index >= 15 is 0 Å². The molecule has 0 bridgehead atoms. The standard InChI is InChI=1S/C17H17ClF3N5S/c18-12-6-2-1-5-11(12)10-22-16(27)25-15-23-13(17(19,20)21)9-14(24-15)26-7-3-4-8-26/h1-2,5-6,9H,3-4,7-8,10H2,(H2,22,23,24,25,27). The number of thiocarbonyl (C=S) groups is 1. The van der Waals surface area contributed by atoms with Crippen molar-refractivity contribution in [2.75, 3.05) is 23.3 Å². The van der Waals surface area contributed by atoms with Crippen molar-refractivity contribution in [3.05, 3.63) is 46.6 Å². The van der Waals surface area contributed by atoms with Crippen molar-refractivity contribution >= 4 is 40.7 Å². The molecule has 0 atom stereocenters. The fourth-order valence-corrected chi connectivity index (χ4v) is 3.07. The minimum atomic E-state index is -4.57. The molecule has 3 rings (SSSR count). The minimum Gasteiger partial charge on any atom is -0.358 e. The molecule has 1 aromatic carbocycles. The Bertz CT molecular complexity index is 824. The predicted molar refractivity (Wildman–Crippen MR) is 103 cm³/mol. The summed E-state index contributed by atoms with van der Waals surface area (Å²) >= 11 is 11.2. The van der Waals surface area contributed by atoms with Crippen LogP contribution in [0.5, 0.6) is 0 Å². The van der Waals surface area contributed by atoms with E-state index in [1.165, 1.54) is 0 Å². The Hall–Kier alpha value is -2.13. The second-order valence-electron chi connectivity index (χ2n) is 6.03. The molecule has 5 nitrogen and oxygen atoms in total. The molecule has 1 saturated heterocycles. The average molecular weight is 416 g/mol. The summed E-state index contributed by atoms with van der Waals surface area (Å²) in [5.41, 5.74) is -0.193. The molecular weight excluding hydrogens is 399 g/mol. The van der Waals surface area contributed by atoms with Gasteiger partial charge in [-0.1, -0.05) is 29.8 Å². The van der Waals surface area contributed by atoms with Crippen LogP contribution in [-0.2, 0) is 12.7 Å². The van der Waals surface area contributed by atoms with Crippen molar-refractivity contribution in [3.63, 3.8) is 0 Å². The minimum absolute atomic E-state index is 0.113. The summed E-state index contributed by atoms with van der Waals surface area (Å²) in [4.78, 5) is 9.56. The fourth-order valence-electron chi connectivity index (χ4n) is 2.71. The van der Waals surface area contributed by atoms with Crippen molar-refractivity contribution in [2.24, 2.45) is 0 Å². The lowest BCUT2D eigenvalue weighted by Gasteiger charge is -2.19. The van der Waals surface area contributed by atoms with Crippen molar-refractivity contribution in [2.45, 2.75) is 25.6 Å². The molecule has 1 aromatic heterocycles. The lowest BCUT2D eigenvalue weighted by molar-refractivity contribution is -0.141. The van der Waals surface area contributed by atoms with E-state index in [2.05, 4.69) is 20.6 Å². The number of hydrogen-bond donors (Lipinski definition) is 2. The number of alkyl halides is 3. The van der Waals surface area contributed by atoms with Gasteiger partial charge in [0.2, 0.25) is 5.95 Å². The van der Waals surface area contributed by atoms with Crippen molar-refractivity contribution in [3.8, 4) is 0 Å². The Balaban J connectivity index is 1.73. The maximum atomic E-state index is 13.2. The molecule has 0 radical (unpaired) electrons. The zero-order valence-corrected chi connectivity index (χ0v) is 15.8. The first-order valence-electron chi connectivity index (χ1n) is 8.32. The Labute approximate surface area is 164 Å². The second kappa shape index (κ2) is 8.26. The summed E-state index contributed by atoms with van der Waals surface area (Å²) in [6.45, 7) is 1.66. The fraction of sp³-hybridized carbons (Fsp3) is 0.353. The Morgan fingerprint density at radius 1 is 1.19 bits per heavy atom. The zero-order chi connectivity index (χ0) is 19.4. The van der Waals surface area contributed by atoms with Crippen molar-refractivity contribution in [1.82, 2.24) is 15.3 Å². The number of nitrogens with zero attached hydrogens (tertiary/aromatic N) is 3. The molecule has 0 saturated carbocycles. The molecule has 1 aliphatic rings. The lowest BCUT2D eigenvalue weighted by Crippen LogP contribution is -2.30. The molecule has 2 N–H and O–H groups in total. The molecule has 144 valence electrons.